The van der Waals surface area contributed by atoms with Crippen LogP contribution >= 0.6 is 0 Å². The van der Waals surface area contributed by atoms with Crippen molar-refractivity contribution in [3.05, 3.63) is 77.6 Å². The minimum absolute atomic E-state index is 0.0976. The fourth-order valence-corrected chi connectivity index (χ4v) is 2.29. The molecule has 0 saturated carbocycles. The molecule has 0 radical (unpaired) electrons. The average molecular weight is 337 g/mol. The van der Waals surface area contributed by atoms with E-state index in [9.17, 15) is 23.6 Å². The van der Waals surface area contributed by atoms with E-state index in [0.29, 0.717) is 0 Å². The van der Waals surface area contributed by atoms with Crippen molar-refractivity contribution in [2.24, 2.45) is 0 Å². The molecule has 3 rings (SSSR count). The van der Waals surface area contributed by atoms with E-state index in [1.165, 1.54) is 36.4 Å². The molecule has 0 unspecified atom stereocenters. The normalized spacial score (nSPS) is 13.2. The predicted molar refractivity (Wildman–Crippen MR) is 86.3 cm³/mol. The zero-order valence-electron chi connectivity index (χ0n) is 12.7. The Balaban J connectivity index is 1.78. The summed E-state index contributed by atoms with van der Waals surface area (Å²) in [6.45, 7) is 0. The van der Waals surface area contributed by atoms with E-state index in [1.807, 2.05) is 0 Å². The number of hydrogen-bond donors (Lipinski definition) is 1. The molecule has 0 saturated heterocycles. The summed E-state index contributed by atoms with van der Waals surface area (Å²) in [4.78, 5) is 48.5. The highest BCUT2D eigenvalue weighted by Crippen LogP contribution is 2.20. The number of imide groups is 2. The van der Waals surface area contributed by atoms with Crippen LogP contribution in [-0.2, 0) is 9.59 Å². The number of nitrogens with one attached hydrogen (secondary N) is 1. The van der Waals surface area contributed by atoms with Gasteiger partial charge in [0, 0.05) is 23.3 Å². The smallest absolute Gasteiger partial charge is 0.258 e. The molecule has 1 aliphatic rings. The molecule has 6 nitrogen and oxygen atoms in total. The van der Waals surface area contributed by atoms with Crippen LogP contribution in [0.15, 0.2) is 60.7 Å². The number of nitrogens with zero attached hydrogens (tertiary/aromatic N) is 1. The maximum Gasteiger partial charge on any atom is 0.258 e. The van der Waals surface area contributed by atoms with Crippen LogP contribution < -0.4 is 10.2 Å². The molecule has 0 aromatic heterocycles. The zero-order chi connectivity index (χ0) is 18.0. The van der Waals surface area contributed by atoms with Crippen molar-refractivity contribution in [3.63, 3.8) is 0 Å². The van der Waals surface area contributed by atoms with Gasteiger partial charge in [-0.25, -0.2) is 9.29 Å². The molecular weight excluding hydrogens is 326 g/mol. The molecule has 0 atom stereocenters. The van der Waals surface area contributed by atoms with Crippen molar-refractivity contribution < 1.29 is 23.6 Å². The van der Waals surface area contributed by atoms with Crippen LogP contribution in [0.2, 0.25) is 0 Å². The Morgan fingerprint density at radius 3 is 2.08 bits per heavy atom. The second-order valence-electron chi connectivity index (χ2n) is 5.19. The maximum atomic E-state index is 12.9. The predicted octanol–water partition coefficient (Wildman–Crippen LogP) is 1.83. The third-order valence-corrected chi connectivity index (χ3v) is 3.51. The lowest BCUT2D eigenvalue weighted by Gasteiger charge is -2.14. The molecule has 1 heterocycles. The lowest BCUT2D eigenvalue weighted by atomic mass is 10.1. The van der Waals surface area contributed by atoms with Gasteiger partial charge in [0.25, 0.3) is 23.6 Å². The number of rotatable bonds is 3. The molecule has 7 heteroatoms. The van der Waals surface area contributed by atoms with Gasteiger partial charge in [0.2, 0.25) is 0 Å². The number of amides is 4. The van der Waals surface area contributed by atoms with Crippen molar-refractivity contribution in [3.8, 4) is 0 Å². The topological polar surface area (TPSA) is 83.6 Å². The van der Waals surface area contributed by atoms with Gasteiger partial charge in [0.1, 0.15) is 5.82 Å². The van der Waals surface area contributed by atoms with Crippen molar-refractivity contribution in [2.45, 2.75) is 0 Å². The Bertz CT molecular complexity index is 901. The summed E-state index contributed by atoms with van der Waals surface area (Å²) in [5.41, 5.74) is 0.447. The van der Waals surface area contributed by atoms with Gasteiger partial charge in [-0.05, 0) is 42.5 Å². The number of halogens is 1. The first-order valence-electron chi connectivity index (χ1n) is 7.23. The number of anilines is 1. The summed E-state index contributed by atoms with van der Waals surface area (Å²) in [5, 5.41) is 2.17. The van der Waals surface area contributed by atoms with Crippen molar-refractivity contribution >= 4 is 29.3 Å². The molecule has 0 aliphatic carbocycles. The molecule has 4 amide bonds. The van der Waals surface area contributed by atoms with Gasteiger partial charge >= 0.3 is 0 Å². The van der Waals surface area contributed by atoms with Crippen LogP contribution in [0.3, 0.4) is 0 Å². The van der Waals surface area contributed by atoms with Crippen LogP contribution in [0.4, 0.5) is 10.1 Å². The highest BCUT2D eigenvalue weighted by atomic mass is 18.2. The van der Waals surface area contributed by atoms with E-state index < -0.39 is 29.4 Å². The number of carbonyl (C=O) groups is 4. The van der Waals surface area contributed by atoms with E-state index in [4.69, 9.17) is 0 Å². The molecular formula is C18H11FN2O4. The van der Waals surface area contributed by atoms with Gasteiger partial charge in [-0.15, -0.1) is 0 Å². The van der Waals surface area contributed by atoms with Gasteiger partial charge in [-0.2, -0.15) is 0 Å². The first-order valence-corrected chi connectivity index (χ1v) is 7.23. The van der Waals surface area contributed by atoms with E-state index >= 15 is 0 Å². The first kappa shape index (κ1) is 16.3. The maximum absolute atomic E-state index is 12.9. The van der Waals surface area contributed by atoms with E-state index in [1.54, 1.807) is 0 Å². The van der Waals surface area contributed by atoms with Crippen LogP contribution in [0.5, 0.6) is 0 Å². The largest absolute Gasteiger partial charge is 0.288 e. The van der Waals surface area contributed by atoms with E-state index in [0.717, 1.165) is 29.2 Å². The summed E-state index contributed by atoms with van der Waals surface area (Å²) >= 11 is 0. The minimum Gasteiger partial charge on any atom is -0.288 e. The molecule has 2 aromatic rings. The number of carbonyl (C=O) groups excluding carboxylic acids is 4. The summed E-state index contributed by atoms with van der Waals surface area (Å²) in [6.07, 6.45) is 2.26. The van der Waals surface area contributed by atoms with Crippen LogP contribution in [-0.4, -0.2) is 23.6 Å². The molecule has 1 aliphatic heterocycles. The van der Waals surface area contributed by atoms with Gasteiger partial charge < -0.3 is 0 Å². The Hall–Kier alpha value is -3.61. The molecule has 2 aromatic carbocycles. The van der Waals surface area contributed by atoms with Crippen LogP contribution in [0.1, 0.15) is 20.7 Å². The molecule has 124 valence electrons. The van der Waals surface area contributed by atoms with Crippen LogP contribution in [0, 0.1) is 5.82 Å². The van der Waals surface area contributed by atoms with Gasteiger partial charge in [-0.3, -0.25) is 24.5 Å². The second-order valence-corrected chi connectivity index (χ2v) is 5.19. The molecule has 0 fully saturated rings. The minimum atomic E-state index is -0.705. The molecule has 1 N–H and O–H groups in total. The second kappa shape index (κ2) is 6.48. The monoisotopic (exact) mass is 337 g/mol. The molecule has 25 heavy (non-hydrogen) atoms. The zero-order valence-corrected chi connectivity index (χ0v) is 12.7. The number of benzene rings is 2. The first-order chi connectivity index (χ1) is 12.0. The van der Waals surface area contributed by atoms with Gasteiger partial charge in [-0.1, -0.05) is 6.07 Å². The SMILES string of the molecule is O=C(NC(=O)c1cccc(N2C(=O)C=CC2=O)c1)c1ccc([18F])cc1. The van der Waals surface area contributed by atoms with Crippen molar-refractivity contribution in [2.75, 3.05) is 4.90 Å². The fourth-order valence-electron chi connectivity index (χ4n) is 2.29. The summed E-state index contributed by atoms with van der Waals surface area (Å²) in [6, 6.07) is 10.5. The third kappa shape index (κ3) is 3.35. The Kier molecular flexibility index (Phi) is 4.21. The molecule has 0 bridgehead atoms. The van der Waals surface area contributed by atoms with Crippen molar-refractivity contribution in [1.82, 2.24) is 5.32 Å². The lowest BCUT2D eigenvalue weighted by molar-refractivity contribution is -0.119. The Morgan fingerprint density at radius 1 is 0.840 bits per heavy atom. The molecule has 0 spiro atoms. The lowest BCUT2D eigenvalue weighted by Crippen LogP contribution is -2.32. The summed E-state index contributed by atoms with van der Waals surface area (Å²) < 4.78 is 12.9. The van der Waals surface area contributed by atoms with E-state index in [2.05, 4.69) is 5.32 Å². The van der Waals surface area contributed by atoms with Gasteiger partial charge in [0.05, 0.1) is 5.69 Å². The highest BCUT2D eigenvalue weighted by molar-refractivity contribution is 6.28. The highest BCUT2D eigenvalue weighted by Gasteiger charge is 2.25. The Morgan fingerprint density at radius 2 is 1.44 bits per heavy atom. The standard InChI is InChI=1S/C18H11FN2O4/c19-13-6-4-11(5-7-13)17(24)20-18(25)12-2-1-3-14(10-12)21-15(22)8-9-16(21)23/h1-10H,(H,20,24,25)/i19-1. The fraction of sp³-hybridized carbons (Fsp3) is 0. The summed E-state index contributed by atoms with van der Waals surface area (Å²) in [7, 11) is 0. The quantitative estimate of drug-likeness (QED) is 0.866. The third-order valence-electron chi connectivity index (χ3n) is 3.51. The van der Waals surface area contributed by atoms with Crippen molar-refractivity contribution in [1.29, 1.82) is 0 Å². The Labute approximate surface area is 141 Å². The average Bonchev–Trinajstić information content (AvgIpc) is 2.94. The van der Waals surface area contributed by atoms with Gasteiger partial charge in [0.15, 0.2) is 0 Å². The number of hydrogen-bond acceptors (Lipinski definition) is 4. The summed E-state index contributed by atoms with van der Waals surface area (Å²) in [5.74, 6) is -2.91. The van der Waals surface area contributed by atoms with E-state index in [-0.39, 0.29) is 16.8 Å². The van der Waals surface area contributed by atoms with Crippen LogP contribution in [0.25, 0.3) is 0 Å².